The zero-order valence-corrected chi connectivity index (χ0v) is 17.7. The number of para-hydroxylation sites is 1. The molecular formula is C25H25NO5. The monoisotopic (exact) mass is 419 g/mol. The topological polar surface area (TPSA) is 69.0 Å². The highest BCUT2D eigenvalue weighted by Crippen LogP contribution is 2.27. The molecule has 0 amide bonds. The van der Waals surface area contributed by atoms with Crippen LogP contribution < -0.4 is 10.2 Å². The lowest BCUT2D eigenvalue weighted by molar-refractivity contribution is -0.134. The van der Waals surface area contributed by atoms with Crippen LogP contribution in [0.3, 0.4) is 0 Å². The second-order valence-electron chi connectivity index (χ2n) is 6.77. The largest absolute Gasteiger partial charge is 0.490 e. The molecule has 0 aliphatic heterocycles. The van der Waals surface area contributed by atoms with E-state index in [4.69, 9.17) is 13.9 Å². The van der Waals surface area contributed by atoms with Crippen LogP contribution in [0, 0.1) is 0 Å². The van der Waals surface area contributed by atoms with Crippen LogP contribution >= 0.6 is 0 Å². The van der Waals surface area contributed by atoms with Gasteiger partial charge in [0, 0.05) is 18.8 Å². The van der Waals surface area contributed by atoms with Crippen LogP contribution in [-0.2, 0) is 22.6 Å². The third kappa shape index (κ3) is 5.22. The minimum Gasteiger partial charge on any atom is -0.490 e. The van der Waals surface area contributed by atoms with Crippen molar-refractivity contribution in [2.75, 3.05) is 13.7 Å². The lowest BCUT2D eigenvalue weighted by Gasteiger charge is -2.21. The van der Waals surface area contributed by atoms with Gasteiger partial charge in [0.2, 0.25) is 0 Å². The van der Waals surface area contributed by atoms with Gasteiger partial charge in [-0.3, -0.25) is 4.79 Å². The number of nitrogens with zero attached hydrogens (tertiary/aromatic N) is 1. The van der Waals surface area contributed by atoms with Crippen molar-refractivity contribution in [3.8, 4) is 5.75 Å². The van der Waals surface area contributed by atoms with Crippen molar-refractivity contribution in [2.24, 2.45) is 0 Å². The van der Waals surface area contributed by atoms with E-state index in [-0.39, 0.29) is 12.0 Å². The molecule has 0 aliphatic rings. The predicted molar refractivity (Wildman–Crippen MR) is 121 cm³/mol. The molecule has 3 aromatic rings. The van der Waals surface area contributed by atoms with Gasteiger partial charge < -0.3 is 18.8 Å². The Kier molecular flexibility index (Phi) is 7.27. The molecule has 31 heavy (non-hydrogen) atoms. The summed E-state index contributed by atoms with van der Waals surface area (Å²) in [4.78, 5) is 26.8. The SMILES string of the molecule is C=Cc1oc2c(OCC)cccc2c(=O)c1CN(/C=C/C(=O)OC)Cc1ccccc1. The van der Waals surface area contributed by atoms with Crippen LogP contribution in [0.25, 0.3) is 17.0 Å². The molecule has 0 aliphatic carbocycles. The molecule has 0 bridgehead atoms. The summed E-state index contributed by atoms with van der Waals surface area (Å²) >= 11 is 0. The highest BCUT2D eigenvalue weighted by atomic mass is 16.5. The number of hydrogen-bond donors (Lipinski definition) is 0. The van der Waals surface area contributed by atoms with Crippen molar-refractivity contribution in [3.05, 3.63) is 94.5 Å². The van der Waals surface area contributed by atoms with Gasteiger partial charge in [0.1, 0.15) is 5.76 Å². The van der Waals surface area contributed by atoms with Crippen LogP contribution in [0.5, 0.6) is 5.75 Å². The van der Waals surface area contributed by atoms with Crippen molar-refractivity contribution >= 4 is 23.0 Å². The first-order chi connectivity index (χ1) is 15.1. The fourth-order valence-electron chi connectivity index (χ4n) is 3.25. The number of carbonyl (C=O) groups is 1. The van der Waals surface area contributed by atoms with Gasteiger partial charge in [0.15, 0.2) is 16.8 Å². The van der Waals surface area contributed by atoms with Gasteiger partial charge in [-0.15, -0.1) is 0 Å². The van der Waals surface area contributed by atoms with E-state index in [9.17, 15) is 9.59 Å². The van der Waals surface area contributed by atoms with Gasteiger partial charge in [-0.1, -0.05) is 43.0 Å². The Hall–Kier alpha value is -3.80. The normalized spacial score (nSPS) is 10.9. The van der Waals surface area contributed by atoms with Crippen molar-refractivity contribution in [1.29, 1.82) is 0 Å². The van der Waals surface area contributed by atoms with E-state index in [0.29, 0.717) is 41.2 Å². The van der Waals surface area contributed by atoms with Crippen molar-refractivity contribution in [1.82, 2.24) is 4.90 Å². The number of hydrogen-bond acceptors (Lipinski definition) is 6. The molecule has 2 aromatic carbocycles. The Morgan fingerprint density at radius 3 is 2.58 bits per heavy atom. The fourth-order valence-corrected chi connectivity index (χ4v) is 3.25. The average Bonchev–Trinajstić information content (AvgIpc) is 2.80. The molecule has 0 N–H and O–H groups in total. The Morgan fingerprint density at radius 2 is 1.90 bits per heavy atom. The number of benzene rings is 2. The zero-order valence-electron chi connectivity index (χ0n) is 17.7. The van der Waals surface area contributed by atoms with E-state index in [2.05, 4.69) is 6.58 Å². The van der Waals surface area contributed by atoms with Crippen molar-refractivity contribution in [3.63, 3.8) is 0 Å². The number of fused-ring (bicyclic) bond motifs is 1. The van der Waals surface area contributed by atoms with E-state index in [1.165, 1.54) is 19.3 Å². The third-order valence-corrected chi connectivity index (χ3v) is 4.70. The Balaban J connectivity index is 2.05. The van der Waals surface area contributed by atoms with Crippen LogP contribution in [0.15, 0.2) is 76.6 Å². The van der Waals surface area contributed by atoms with Gasteiger partial charge in [-0.25, -0.2) is 4.79 Å². The quantitative estimate of drug-likeness (QED) is 0.375. The van der Waals surface area contributed by atoms with Gasteiger partial charge in [-0.05, 0) is 30.7 Å². The second kappa shape index (κ2) is 10.3. The summed E-state index contributed by atoms with van der Waals surface area (Å²) in [6.45, 7) is 6.85. The number of methoxy groups -OCH3 is 1. The van der Waals surface area contributed by atoms with Gasteiger partial charge >= 0.3 is 5.97 Å². The summed E-state index contributed by atoms with van der Waals surface area (Å²) in [6, 6.07) is 15.0. The van der Waals surface area contributed by atoms with Crippen LogP contribution in [0.2, 0.25) is 0 Å². The van der Waals surface area contributed by atoms with Crippen LogP contribution in [-0.4, -0.2) is 24.6 Å². The minimum absolute atomic E-state index is 0.165. The molecule has 0 saturated carbocycles. The standard InChI is InChI=1S/C25H25NO5/c1-4-21-20(24(28)19-12-9-13-22(30-5-2)25(19)31-21)17-26(15-14-23(27)29-3)16-18-10-7-6-8-11-18/h4,6-15H,1,5,16-17H2,2-3H3/b15-14+. The minimum atomic E-state index is -0.478. The molecule has 0 spiro atoms. The van der Waals surface area contributed by atoms with Gasteiger partial charge in [0.05, 0.1) is 31.2 Å². The van der Waals surface area contributed by atoms with E-state index in [1.54, 1.807) is 24.4 Å². The van der Waals surface area contributed by atoms with E-state index in [1.807, 2.05) is 42.2 Å². The second-order valence-corrected chi connectivity index (χ2v) is 6.77. The highest BCUT2D eigenvalue weighted by Gasteiger charge is 2.17. The molecule has 0 fully saturated rings. The number of rotatable bonds is 9. The van der Waals surface area contributed by atoms with E-state index < -0.39 is 5.97 Å². The smallest absolute Gasteiger partial charge is 0.331 e. The summed E-state index contributed by atoms with van der Waals surface area (Å²) in [5.41, 5.74) is 1.71. The molecule has 0 atom stereocenters. The molecule has 160 valence electrons. The first-order valence-corrected chi connectivity index (χ1v) is 9.95. The van der Waals surface area contributed by atoms with Crippen LogP contribution in [0.1, 0.15) is 23.8 Å². The molecule has 6 nitrogen and oxygen atoms in total. The van der Waals surface area contributed by atoms with Gasteiger partial charge in [-0.2, -0.15) is 0 Å². The Bertz CT molecular complexity index is 1150. The summed E-state index contributed by atoms with van der Waals surface area (Å²) in [5.74, 6) is 0.404. The summed E-state index contributed by atoms with van der Waals surface area (Å²) in [6.07, 6.45) is 4.46. The molecule has 0 saturated heterocycles. The first-order valence-electron chi connectivity index (χ1n) is 9.95. The number of esters is 1. The molecule has 6 heteroatoms. The maximum absolute atomic E-state index is 13.3. The predicted octanol–water partition coefficient (Wildman–Crippen LogP) is 4.52. The van der Waals surface area contributed by atoms with Crippen molar-refractivity contribution < 1.29 is 18.7 Å². The summed E-state index contributed by atoms with van der Waals surface area (Å²) in [7, 11) is 1.32. The number of carbonyl (C=O) groups excluding carboxylic acids is 1. The molecule has 0 radical (unpaired) electrons. The maximum atomic E-state index is 13.3. The highest BCUT2D eigenvalue weighted by molar-refractivity contribution is 5.84. The first kappa shape index (κ1) is 21.9. The fraction of sp³-hybridized carbons (Fsp3) is 0.200. The third-order valence-electron chi connectivity index (χ3n) is 4.70. The Morgan fingerprint density at radius 1 is 1.13 bits per heavy atom. The molecule has 0 unspecified atom stereocenters. The average molecular weight is 419 g/mol. The Labute approximate surface area is 181 Å². The lowest BCUT2D eigenvalue weighted by atomic mass is 10.1. The summed E-state index contributed by atoms with van der Waals surface area (Å²) < 4.78 is 16.3. The van der Waals surface area contributed by atoms with Gasteiger partial charge in [0.25, 0.3) is 0 Å². The zero-order chi connectivity index (χ0) is 22.2. The molecule has 1 aromatic heterocycles. The summed E-state index contributed by atoms with van der Waals surface area (Å²) in [5, 5.41) is 0.433. The number of ether oxygens (including phenoxy) is 2. The molecule has 1 heterocycles. The van der Waals surface area contributed by atoms with Crippen molar-refractivity contribution in [2.45, 2.75) is 20.0 Å². The molecule has 3 rings (SSSR count). The molecular weight excluding hydrogens is 394 g/mol. The van der Waals surface area contributed by atoms with Crippen LogP contribution in [0.4, 0.5) is 0 Å². The van der Waals surface area contributed by atoms with E-state index in [0.717, 1.165) is 5.56 Å². The lowest BCUT2D eigenvalue weighted by Crippen LogP contribution is -2.23. The maximum Gasteiger partial charge on any atom is 0.331 e. The van der Waals surface area contributed by atoms with E-state index >= 15 is 0 Å².